The molecule has 4 nitrogen and oxygen atoms in total. The second-order valence-electron chi connectivity index (χ2n) is 5.33. The fourth-order valence-corrected chi connectivity index (χ4v) is 2.05. The molecule has 0 aliphatic heterocycles. The third-order valence-corrected chi connectivity index (χ3v) is 3.11. The Morgan fingerprint density at radius 2 is 1.90 bits per heavy atom. The zero-order chi connectivity index (χ0) is 14.5. The molecule has 0 aliphatic carbocycles. The van der Waals surface area contributed by atoms with E-state index >= 15 is 0 Å². The fourth-order valence-electron chi connectivity index (χ4n) is 2.05. The van der Waals surface area contributed by atoms with E-state index in [2.05, 4.69) is 34.3 Å². The lowest BCUT2D eigenvalue weighted by atomic mass is 10.1. The van der Waals surface area contributed by atoms with Gasteiger partial charge in [0.25, 0.3) is 0 Å². The summed E-state index contributed by atoms with van der Waals surface area (Å²) < 4.78 is 5.65. The van der Waals surface area contributed by atoms with Gasteiger partial charge in [-0.1, -0.05) is 12.1 Å². The molecule has 4 heteroatoms. The number of ether oxygens (including phenoxy) is 1. The number of nitrogens with one attached hydrogen (secondary N) is 2. The lowest BCUT2D eigenvalue weighted by molar-refractivity contribution is 0.242. The topological polar surface area (TPSA) is 49.9 Å². The number of aromatic amines is 1. The minimum Gasteiger partial charge on any atom is -0.491 e. The largest absolute Gasteiger partial charge is 0.491 e. The highest BCUT2D eigenvalue weighted by Gasteiger charge is 2.06. The van der Waals surface area contributed by atoms with E-state index in [9.17, 15) is 0 Å². The zero-order valence-electron chi connectivity index (χ0n) is 12.6. The Bertz CT molecular complexity index is 531. The van der Waals surface area contributed by atoms with Gasteiger partial charge in [0.05, 0.1) is 6.10 Å². The summed E-state index contributed by atoms with van der Waals surface area (Å²) in [6, 6.07) is 8.54. The standard InChI is InChI=1S/C16H23N3O/c1-11(2)20-16-7-5-14(6-8-16)12(3)17-9-15-10-18-13(4)19-15/h5-8,10-12,17H,9H2,1-4H3,(H,18,19). The quantitative estimate of drug-likeness (QED) is 0.848. The molecular weight excluding hydrogens is 250 g/mol. The van der Waals surface area contributed by atoms with Gasteiger partial charge in [-0.2, -0.15) is 0 Å². The van der Waals surface area contributed by atoms with Crippen LogP contribution in [0.4, 0.5) is 0 Å². The van der Waals surface area contributed by atoms with Crippen molar-refractivity contribution in [2.45, 2.75) is 46.4 Å². The highest BCUT2D eigenvalue weighted by molar-refractivity contribution is 5.29. The first-order chi connectivity index (χ1) is 9.54. The molecule has 1 heterocycles. The van der Waals surface area contributed by atoms with Crippen molar-refractivity contribution in [1.82, 2.24) is 15.3 Å². The summed E-state index contributed by atoms with van der Waals surface area (Å²) >= 11 is 0. The van der Waals surface area contributed by atoms with E-state index < -0.39 is 0 Å². The highest BCUT2D eigenvalue weighted by Crippen LogP contribution is 2.18. The van der Waals surface area contributed by atoms with Crippen LogP contribution in [0.2, 0.25) is 0 Å². The van der Waals surface area contributed by atoms with Crippen LogP contribution in [-0.2, 0) is 6.54 Å². The second kappa shape index (κ2) is 6.57. The molecule has 1 unspecified atom stereocenters. The Kier molecular flexibility index (Phi) is 4.79. The van der Waals surface area contributed by atoms with Crippen molar-refractivity contribution < 1.29 is 4.74 Å². The van der Waals surface area contributed by atoms with Crippen molar-refractivity contribution in [3.63, 3.8) is 0 Å². The Morgan fingerprint density at radius 1 is 1.20 bits per heavy atom. The fraction of sp³-hybridized carbons (Fsp3) is 0.438. The van der Waals surface area contributed by atoms with Gasteiger partial charge < -0.3 is 15.0 Å². The predicted molar refractivity (Wildman–Crippen MR) is 80.8 cm³/mol. The summed E-state index contributed by atoms with van der Waals surface area (Å²) in [6.45, 7) is 8.96. The molecule has 20 heavy (non-hydrogen) atoms. The van der Waals surface area contributed by atoms with Crippen LogP contribution in [0.15, 0.2) is 30.5 Å². The number of benzene rings is 1. The van der Waals surface area contributed by atoms with Crippen molar-refractivity contribution >= 4 is 0 Å². The molecule has 1 atom stereocenters. The number of nitrogens with zero attached hydrogens (tertiary/aromatic N) is 1. The minimum absolute atomic E-state index is 0.208. The minimum atomic E-state index is 0.208. The molecule has 0 fully saturated rings. The smallest absolute Gasteiger partial charge is 0.119 e. The van der Waals surface area contributed by atoms with E-state index in [0.717, 1.165) is 23.8 Å². The van der Waals surface area contributed by atoms with Crippen molar-refractivity contribution in [3.8, 4) is 5.75 Å². The lowest BCUT2D eigenvalue weighted by Gasteiger charge is -2.15. The monoisotopic (exact) mass is 273 g/mol. The van der Waals surface area contributed by atoms with E-state index in [-0.39, 0.29) is 12.1 Å². The maximum absolute atomic E-state index is 5.65. The van der Waals surface area contributed by atoms with Gasteiger partial charge in [-0.3, -0.25) is 0 Å². The third kappa shape index (κ3) is 4.10. The first-order valence-corrected chi connectivity index (χ1v) is 7.05. The third-order valence-electron chi connectivity index (χ3n) is 3.11. The van der Waals surface area contributed by atoms with E-state index in [1.54, 1.807) is 0 Å². The Labute approximate surface area is 120 Å². The number of H-pyrrole nitrogens is 1. The number of aryl methyl sites for hydroxylation is 1. The summed E-state index contributed by atoms with van der Waals surface area (Å²) in [5.41, 5.74) is 2.35. The van der Waals surface area contributed by atoms with Gasteiger partial charge in [0.2, 0.25) is 0 Å². The zero-order valence-corrected chi connectivity index (χ0v) is 12.6. The van der Waals surface area contributed by atoms with Gasteiger partial charge in [-0.15, -0.1) is 0 Å². The summed E-state index contributed by atoms with van der Waals surface area (Å²) in [4.78, 5) is 7.41. The molecule has 1 aromatic carbocycles. The Hall–Kier alpha value is -1.81. The van der Waals surface area contributed by atoms with Crippen LogP contribution >= 0.6 is 0 Å². The molecule has 0 bridgehead atoms. The number of rotatable bonds is 6. The van der Waals surface area contributed by atoms with Crippen LogP contribution in [0.3, 0.4) is 0 Å². The van der Waals surface area contributed by atoms with Gasteiger partial charge in [-0.25, -0.2) is 4.98 Å². The molecular formula is C16H23N3O. The summed E-state index contributed by atoms with van der Waals surface area (Å²) in [5, 5.41) is 3.48. The number of hydrogen-bond donors (Lipinski definition) is 2. The SMILES string of the molecule is Cc1ncc(CNC(C)c2ccc(OC(C)C)cc2)[nH]1. The maximum atomic E-state index is 5.65. The van der Waals surface area contributed by atoms with Crippen molar-refractivity contribution in [2.75, 3.05) is 0 Å². The van der Waals surface area contributed by atoms with Crippen molar-refractivity contribution in [1.29, 1.82) is 0 Å². The first kappa shape index (κ1) is 14.6. The molecule has 0 saturated heterocycles. The van der Waals surface area contributed by atoms with Crippen molar-refractivity contribution in [2.24, 2.45) is 0 Å². The predicted octanol–water partition coefficient (Wildman–Crippen LogP) is 3.36. The lowest BCUT2D eigenvalue weighted by Crippen LogP contribution is -2.18. The molecule has 0 radical (unpaired) electrons. The molecule has 2 rings (SSSR count). The van der Waals surface area contributed by atoms with E-state index in [1.807, 2.05) is 39.1 Å². The molecule has 0 aliphatic rings. The number of imidazole rings is 1. The number of aromatic nitrogens is 2. The van der Waals surface area contributed by atoms with Crippen molar-refractivity contribution in [3.05, 3.63) is 47.5 Å². The Morgan fingerprint density at radius 3 is 2.45 bits per heavy atom. The molecule has 0 spiro atoms. The summed E-state index contributed by atoms with van der Waals surface area (Å²) in [6.07, 6.45) is 2.08. The average molecular weight is 273 g/mol. The van der Waals surface area contributed by atoms with Crippen LogP contribution in [0, 0.1) is 6.92 Å². The first-order valence-electron chi connectivity index (χ1n) is 7.05. The summed E-state index contributed by atoms with van der Waals surface area (Å²) in [7, 11) is 0. The van der Waals surface area contributed by atoms with Crippen LogP contribution in [0.25, 0.3) is 0 Å². The second-order valence-corrected chi connectivity index (χ2v) is 5.33. The van der Waals surface area contributed by atoms with Crippen LogP contribution in [0.1, 0.15) is 43.9 Å². The maximum Gasteiger partial charge on any atom is 0.119 e. The van der Waals surface area contributed by atoms with Gasteiger partial charge in [0.15, 0.2) is 0 Å². The van der Waals surface area contributed by atoms with E-state index in [1.165, 1.54) is 5.56 Å². The van der Waals surface area contributed by atoms with Gasteiger partial charge >= 0.3 is 0 Å². The highest BCUT2D eigenvalue weighted by atomic mass is 16.5. The molecule has 0 saturated carbocycles. The summed E-state index contributed by atoms with van der Waals surface area (Å²) in [5.74, 6) is 1.87. The normalized spacial score (nSPS) is 12.7. The average Bonchev–Trinajstić information content (AvgIpc) is 2.82. The van der Waals surface area contributed by atoms with Crippen LogP contribution in [-0.4, -0.2) is 16.1 Å². The van der Waals surface area contributed by atoms with Gasteiger partial charge in [-0.05, 0) is 45.4 Å². The number of hydrogen-bond acceptors (Lipinski definition) is 3. The van der Waals surface area contributed by atoms with Crippen LogP contribution < -0.4 is 10.1 Å². The van der Waals surface area contributed by atoms with E-state index in [0.29, 0.717) is 0 Å². The molecule has 2 N–H and O–H groups in total. The molecule has 0 amide bonds. The molecule has 2 aromatic rings. The van der Waals surface area contributed by atoms with Gasteiger partial charge in [0.1, 0.15) is 11.6 Å². The molecule has 108 valence electrons. The Balaban J connectivity index is 1.90. The van der Waals surface area contributed by atoms with Gasteiger partial charge in [0, 0.05) is 24.5 Å². The molecule has 1 aromatic heterocycles. The van der Waals surface area contributed by atoms with E-state index in [4.69, 9.17) is 4.74 Å². The van der Waals surface area contributed by atoms with Crippen LogP contribution in [0.5, 0.6) is 5.75 Å².